The van der Waals surface area contributed by atoms with Crippen LogP contribution in [0.15, 0.2) is 5.11 Å². The van der Waals surface area contributed by atoms with Crippen LogP contribution in [0.1, 0.15) is 19.8 Å². The minimum Gasteiger partial charge on any atom is -0.341 e. The number of hydrogen-bond donors (Lipinski definition) is 3. The van der Waals surface area contributed by atoms with Gasteiger partial charge in [0.1, 0.15) is 0 Å². The average molecular weight is 200 g/mol. The lowest BCUT2D eigenvalue weighted by Crippen LogP contribution is -2.51. The van der Waals surface area contributed by atoms with Crippen LogP contribution < -0.4 is 16.8 Å². The van der Waals surface area contributed by atoms with Crippen LogP contribution >= 0.6 is 0 Å². The number of carbonyl (C=O) groups is 1. The van der Waals surface area contributed by atoms with E-state index in [1.807, 2.05) is 6.92 Å². The molecule has 2 atom stereocenters. The van der Waals surface area contributed by atoms with Crippen molar-refractivity contribution in [2.24, 2.45) is 16.6 Å². The number of azide groups is 1. The van der Waals surface area contributed by atoms with Gasteiger partial charge in [-0.1, -0.05) is 12.0 Å². The smallest absolute Gasteiger partial charge is 0.221 e. The average Bonchev–Trinajstić information content (AvgIpc) is 2.14. The van der Waals surface area contributed by atoms with Gasteiger partial charge in [0, 0.05) is 17.9 Å². The van der Waals surface area contributed by atoms with Crippen LogP contribution in [-0.4, -0.2) is 24.7 Å². The van der Waals surface area contributed by atoms with E-state index in [4.69, 9.17) is 17.0 Å². The summed E-state index contributed by atoms with van der Waals surface area (Å²) in [7, 11) is 0. The van der Waals surface area contributed by atoms with Crippen molar-refractivity contribution in [1.82, 2.24) is 5.32 Å². The van der Waals surface area contributed by atoms with Crippen molar-refractivity contribution >= 4 is 5.91 Å². The lowest BCUT2D eigenvalue weighted by Gasteiger charge is -2.18. The molecule has 0 radical (unpaired) electrons. The minimum atomic E-state index is -0.713. The van der Waals surface area contributed by atoms with Crippen LogP contribution in [0.4, 0.5) is 0 Å². The summed E-state index contributed by atoms with van der Waals surface area (Å²) >= 11 is 0. The molecule has 0 saturated carbocycles. The summed E-state index contributed by atoms with van der Waals surface area (Å²) in [6.07, 6.45) is 0.434. The van der Waals surface area contributed by atoms with E-state index in [0.29, 0.717) is 6.42 Å². The van der Waals surface area contributed by atoms with Gasteiger partial charge in [-0.3, -0.25) is 4.79 Å². The topological polar surface area (TPSA) is 130 Å². The highest BCUT2D eigenvalue weighted by atomic mass is 16.1. The number of hydrogen-bond acceptors (Lipinski definition) is 4. The largest absolute Gasteiger partial charge is 0.341 e. The molecule has 0 aromatic rings. The number of rotatable bonds is 6. The highest BCUT2D eigenvalue weighted by Gasteiger charge is 2.16. The Hall–Kier alpha value is -1.30. The van der Waals surface area contributed by atoms with Crippen molar-refractivity contribution in [3.8, 4) is 0 Å². The van der Waals surface area contributed by atoms with Gasteiger partial charge in [0.25, 0.3) is 0 Å². The van der Waals surface area contributed by atoms with Crippen molar-refractivity contribution in [1.29, 1.82) is 0 Å². The second-order valence-corrected chi connectivity index (χ2v) is 2.85. The lowest BCUT2D eigenvalue weighted by molar-refractivity contribution is -0.121. The molecule has 2 unspecified atom stereocenters. The third-order valence-electron chi connectivity index (χ3n) is 1.66. The molecule has 7 nitrogen and oxygen atoms in total. The van der Waals surface area contributed by atoms with E-state index in [0.717, 1.165) is 6.42 Å². The molecule has 0 aliphatic heterocycles. The molecule has 80 valence electrons. The van der Waals surface area contributed by atoms with Crippen LogP contribution in [0.25, 0.3) is 10.4 Å². The monoisotopic (exact) mass is 200 g/mol. The van der Waals surface area contributed by atoms with Gasteiger partial charge in [-0.05, 0) is 12.0 Å². The Labute approximate surface area is 82.5 Å². The van der Waals surface area contributed by atoms with Crippen LogP contribution in [0.5, 0.6) is 0 Å². The third kappa shape index (κ3) is 4.66. The van der Waals surface area contributed by atoms with E-state index in [2.05, 4.69) is 15.3 Å². The number of carbonyl (C=O) groups excluding carboxylic acids is 1. The molecule has 0 spiro atoms. The number of nitrogens with two attached hydrogens (primary N) is 2. The van der Waals surface area contributed by atoms with Crippen LogP contribution in [0.3, 0.4) is 0 Å². The zero-order chi connectivity index (χ0) is 11.0. The van der Waals surface area contributed by atoms with Crippen LogP contribution in [0, 0.1) is 0 Å². The first-order valence-electron chi connectivity index (χ1n) is 4.44. The number of nitrogens with zero attached hydrogens (tertiary/aromatic N) is 3. The molecule has 0 aromatic carbocycles. The fraction of sp³-hybridized carbons (Fsp3) is 0.857. The Morgan fingerprint density at radius 3 is 2.79 bits per heavy atom. The van der Waals surface area contributed by atoms with Gasteiger partial charge >= 0.3 is 0 Å². The van der Waals surface area contributed by atoms with Gasteiger partial charge < -0.3 is 16.8 Å². The minimum absolute atomic E-state index is 0.109. The Bertz CT molecular complexity index is 224. The summed E-state index contributed by atoms with van der Waals surface area (Å²) < 4.78 is 0. The first kappa shape index (κ1) is 12.7. The SMILES string of the molecule is CCCC(=O)NC(N)C(CN)N=[N+]=[N-]. The number of nitrogens with one attached hydrogen (secondary N) is 1. The Balaban J connectivity index is 4.09. The Morgan fingerprint density at radius 2 is 2.36 bits per heavy atom. The fourth-order valence-corrected chi connectivity index (χ4v) is 0.913. The molecule has 5 N–H and O–H groups in total. The molecule has 1 amide bonds. The number of amides is 1. The first-order chi connectivity index (χ1) is 6.65. The summed E-state index contributed by atoms with van der Waals surface area (Å²) in [5, 5.41) is 5.88. The highest BCUT2D eigenvalue weighted by molar-refractivity contribution is 5.76. The predicted octanol–water partition coefficient (Wildman–Crippen LogP) is -0.175. The highest BCUT2D eigenvalue weighted by Crippen LogP contribution is 1.94. The summed E-state index contributed by atoms with van der Waals surface area (Å²) in [5.41, 5.74) is 19.1. The summed E-state index contributed by atoms with van der Waals surface area (Å²) in [4.78, 5) is 13.7. The predicted molar refractivity (Wildman–Crippen MR) is 53.0 cm³/mol. The fourth-order valence-electron chi connectivity index (χ4n) is 0.913. The molecule has 0 aliphatic rings. The summed E-state index contributed by atoms with van der Waals surface area (Å²) in [5.74, 6) is -0.161. The molecule has 0 aromatic heterocycles. The van der Waals surface area contributed by atoms with Crippen molar-refractivity contribution in [3.63, 3.8) is 0 Å². The molecular weight excluding hydrogens is 184 g/mol. The second kappa shape index (κ2) is 7.14. The molecule has 0 fully saturated rings. The quantitative estimate of drug-likeness (QED) is 0.238. The van der Waals surface area contributed by atoms with Crippen LogP contribution in [0.2, 0.25) is 0 Å². The van der Waals surface area contributed by atoms with Crippen molar-refractivity contribution in [2.75, 3.05) is 6.54 Å². The maximum absolute atomic E-state index is 11.1. The third-order valence-corrected chi connectivity index (χ3v) is 1.66. The molecule has 0 heterocycles. The van der Waals surface area contributed by atoms with Gasteiger partial charge in [-0.2, -0.15) is 0 Å². The molecule has 7 heteroatoms. The maximum Gasteiger partial charge on any atom is 0.221 e. The molecule has 14 heavy (non-hydrogen) atoms. The Morgan fingerprint density at radius 1 is 1.71 bits per heavy atom. The van der Waals surface area contributed by atoms with Gasteiger partial charge in [0.05, 0.1) is 12.2 Å². The van der Waals surface area contributed by atoms with E-state index >= 15 is 0 Å². The van der Waals surface area contributed by atoms with Crippen LogP contribution in [-0.2, 0) is 4.79 Å². The van der Waals surface area contributed by atoms with E-state index in [-0.39, 0.29) is 12.5 Å². The molecule has 0 aliphatic carbocycles. The lowest BCUT2D eigenvalue weighted by atomic mass is 10.2. The van der Waals surface area contributed by atoms with E-state index in [9.17, 15) is 4.79 Å². The van der Waals surface area contributed by atoms with E-state index in [1.165, 1.54) is 0 Å². The zero-order valence-corrected chi connectivity index (χ0v) is 8.18. The summed E-state index contributed by atoms with van der Waals surface area (Å²) in [6.45, 7) is 2.00. The van der Waals surface area contributed by atoms with Crippen molar-refractivity contribution in [3.05, 3.63) is 10.4 Å². The van der Waals surface area contributed by atoms with Gasteiger partial charge in [-0.25, -0.2) is 0 Å². The molecule has 0 saturated heterocycles. The van der Waals surface area contributed by atoms with Gasteiger partial charge in [-0.15, -0.1) is 0 Å². The molecular formula is C7H16N6O. The zero-order valence-electron chi connectivity index (χ0n) is 8.18. The van der Waals surface area contributed by atoms with E-state index in [1.54, 1.807) is 0 Å². The normalized spacial score (nSPS) is 13.9. The Kier molecular flexibility index (Phi) is 6.47. The first-order valence-corrected chi connectivity index (χ1v) is 4.44. The molecule has 0 bridgehead atoms. The van der Waals surface area contributed by atoms with Crippen molar-refractivity contribution < 1.29 is 4.79 Å². The van der Waals surface area contributed by atoms with Crippen molar-refractivity contribution in [2.45, 2.75) is 32.0 Å². The maximum atomic E-state index is 11.1. The summed E-state index contributed by atoms with van der Waals surface area (Å²) in [6, 6.07) is -0.596. The van der Waals surface area contributed by atoms with Gasteiger partial charge in [0.15, 0.2) is 0 Å². The molecule has 0 rings (SSSR count). The standard InChI is InChI=1S/C7H16N6O/c1-2-3-6(14)11-7(9)5(4-8)12-13-10/h5,7H,2-4,8-9H2,1H3,(H,11,14). The second-order valence-electron chi connectivity index (χ2n) is 2.85. The van der Waals surface area contributed by atoms with E-state index < -0.39 is 12.2 Å². The van der Waals surface area contributed by atoms with Gasteiger partial charge in [0.2, 0.25) is 5.91 Å².